The minimum Gasteiger partial charge on any atom is -0.472 e. The largest absolute Gasteiger partial charge is 0.472 e. The van der Waals surface area contributed by atoms with Crippen molar-refractivity contribution < 1.29 is 17.6 Å². The molecule has 0 spiro atoms. The quantitative estimate of drug-likeness (QED) is 0.639. The van der Waals surface area contributed by atoms with E-state index in [1.807, 2.05) is 6.92 Å². The lowest BCUT2D eigenvalue weighted by atomic mass is 9.84. The van der Waals surface area contributed by atoms with Crippen LogP contribution in [0.3, 0.4) is 0 Å². The monoisotopic (exact) mass is 417 g/mol. The number of hydrogen-bond acceptors (Lipinski definition) is 4. The molecule has 8 heteroatoms. The topological polar surface area (TPSA) is 100 Å². The molecule has 4 atom stereocenters. The third-order valence-electron chi connectivity index (χ3n) is 6.23. The van der Waals surface area contributed by atoms with E-state index in [2.05, 4.69) is 15.4 Å². The van der Waals surface area contributed by atoms with Crippen LogP contribution >= 0.6 is 0 Å². The summed E-state index contributed by atoms with van der Waals surface area (Å²) in [6.45, 7) is 2.32. The first-order valence-corrected chi connectivity index (χ1v) is 11.6. The molecule has 3 N–H and O–H groups in total. The Morgan fingerprint density at radius 1 is 1.17 bits per heavy atom. The molecular weight excluding hydrogens is 390 g/mol. The summed E-state index contributed by atoms with van der Waals surface area (Å²) in [5, 5.41) is 5.40. The second-order valence-corrected chi connectivity index (χ2v) is 9.93. The van der Waals surface area contributed by atoms with Crippen LogP contribution < -0.4 is 15.4 Å². The molecule has 1 aromatic heterocycles. The molecule has 2 bridgehead atoms. The zero-order valence-corrected chi connectivity index (χ0v) is 17.2. The first-order chi connectivity index (χ1) is 13.9. The van der Waals surface area contributed by atoms with Gasteiger partial charge in [-0.1, -0.05) is 6.42 Å². The van der Waals surface area contributed by atoms with Gasteiger partial charge in [0.25, 0.3) is 0 Å². The van der Waals surface area contributed by atoms with Gasteiger partial charge in [0.15, 0.2) is 0 Å². The van der Waals surface area contributed by atoms with Gasteiger partial charge in [0, 0.05) is 23.8 Å². The van der Waals surface area contributed by atoms with Crippen LogP contribution in [0.25, 0.3) is 0 Å². The molecule has 7 nitrogen and oxygen atoms in total. The van der Waals surface area contributed by atoms with Crippen molar-refractivity contribution in [1.29, 1.82) is 0 Å². The van der Waals surface area contributed by atoms with Crippen LogP contribution in [-0.4, -0.2) is 20.5 Å². The first kappa shape index (κ1) is 20.0. The lowest BCUT2D eigenvalue weighted by molar-refractivity contribution is 0.251. The second kappa shape index (κ2) is 8.20. The summed E-state index contributed by atoms with van der Waals surface area (Å²) in [5.41, 5.74) is 1.38. The average Bonchev–Trinajstić information content (AvgIpc) is 3.44. The molecule has 2 fully saturated rings. The van der Waals surface area contributed by atoms with Gasteiger partial charge in [-0.25, -0.2) is 17.9 Å². The van der Waals surface area contributed by atoms with Crippen molar-refractivity contribution in [3.05, 3.63) is 48.4 Å². The summed E-state index contributed by atoms with van der Waals surface area (Å²) in [5.74, 6) is 1.87. The maximum Gasteiger partial charge on any atom is 0.319 e. The second-order valence-electron chi connectivity index (χ2n) is 8.21. The van der Waals surface area contributed by atoms with Gasteiger partial charge < -0.3 is 15.1 Å². The molecule has 2 aliphatic rings. The molecule has 1 heterocycles. The molecule has 2 aromatic rings. The van der Waals surface area contributed by atoms with E-state index in [1.165, 1.54) is 31.4 Å². The van der Waals surface area contributed by atoms with Crippen molar-refractivity contribution in [2.24, 2.45) is 17.8 Å². The minimum absolute atomic E-state index is 0.0678. The van der Waals surface area contributed by atoms with Crippen molar-refractivity contribution in [1.82, 2.24) is 10.0 Å². The van der Waals surface area contributed by atoms with Gasteiger partial charge in [-0.15, -0.1) is 0 Å². The van der Waals surface area contributed by atoms with Crippen LogP contribution in [0.1, 0.15) is 38.2 Å². The number of carbonyl (C=O) groups excluding carboxylic acids is 1. The number of carbonyl (C=O) groups is 1. The highest BCUT2D eigenvalue weighted by Gasteiger charge is 2.42. The number of anilines is 1. The van der Waals surface area contributed by atoms with Crippen LogP contribution in [0.15, 0.2) is 52.2 Å². The number of sulfonamides is 1. The lowest BCUT2D eigenvalue weighted by Gasteiger charge is -2.28. The molecule has 156 valence electrons. The number of rotatable bonds is 7. The minimum atomic E-state index is -3.59. The predicted molar refractivity (Wildman–Crippen MR) is 110 cm³/mol. The number of urea groups is 1. The Bertz CT molecular complexity index is 941. The summed E-state index contributed by atoms with van der Waals surface area (Å²) in [6, 6.07) is 7.54. The SMILES string of the molecule is C[C@@H](NS(=O)(=O)c1ccc(NC(=O)NCc2ccoc2)cc1)[C@H]1C[C@@H]2CC[C@@H]1C2. The molecule has 2 aliphatic carbocycles. The highest BCUT2D eigenvalue weighted by molar-refractivity contribution is 7.89. The van der Waals surface area contributed by atoms with Crippen LogP contribution in [0.2, 0.25) is 0 Å². The first-order valence-electron chi connectivity index (χ1n) is 10.1. The maximum atomic E-state index is 12.8. The highest BCUT2D eigenvalue weighted by Crippen LogP contribution is 2.49. The van der Waals surface area contributed by atoms with Gasteiger partial charge in [0.05, 0.1) is 17.4 Å². The van der Waals surface area contributed by atoms with Crippen LogP contribution in [0, 0.1) is 17.8 Å². The Morgan fingerprint density at radius 2 is 1.97 bits per heavy atom. The number of nitrogens with one attached hydrogen (secondary N) is 3. The fraction of sp³-hybridized carbons (Fsp3) is 0.476. The molecule has 0 radical (unpaired) electrons. The standard InChI is InChI=1S/C21H27N3O4S/c1-14(20-11-15-2-3-17(20)10-15)24-29(26,27)19-6-4-18(5-7-19)23-21(25)22-12-16-8-9-28-13-16/h4-9,13-15,17,20,24H,2-3,10-12H2,1H3,(H2,22,23,25)/t14-,15-,17-,20-/m1/s1. The summed E-state index contributed by atoms with van der Waals surface area (Å²) < 4.78 is 33.3. The Balaban J connectivity index is 1.32. The zero-order chi connectivity index (χ0) is 20.4. The predicted octanol–water partition coefficient (Wildman–Crippen LogP) is 3.70. The number of benzene rings is 1. The normalized spacial score (nSPS) is 24.4. The molecule has 0 unspecified atom stereocenters. The Morgan fingerprint density at radius 3 is 2.59 bits per heavy atom. The van der Waals surface area contributed by atoms with Gasteiger partial charge in [-0.2, -0.15) is 0 Å². The highest BCUT2D eigenvalue weighted by atomic mass is 32.2. The number of fused-ring (bicyclic) bond motifs is 2. The lowest BCUT2D eigenvalue weighted by Crippen LogP contribution is -2.40. The average molecular weight is 418 g/mol. The summed E-state index contributed by atoms with van der Waals surface area (Å²) in [6.07, 6.45) is 8.00. The van der Waals surface area contributed by atoms with Gasteiger partial charge in [0.1, 0.15) is 0 Å². The maximum absolute atomic E-state index is 12.8. The van der Waals surface area contributed by atoms with Crippen LogP contribution in [-0.2, 0) is 16.6 Å². The molecule has 2 saturated carbocycles. The van der Waals surface area contributed by atoms with Gasteiger partial charge in [-0.05, 0) is 74.3 Å². The van der Waals surface area contributed by atoms with E-state index in [0.29, 0.717) is 24.1 Å². The fourth-order valence-electron chi connectivity index (χ4n) is 4.77. The van der Waals surface area contributed by atoms with E-state index in [4.69, 9.17) is 4.42 Å². The van der Waals surface area contributed by atoms with E-state index < -0.39 is 10.0 Å². The Kier molecular flexibility index (Phi) is 5.65. The van der Waals surface area contributed by atoms with Crippen molar-refractivity contribution in [3.8, 4) is 0 Å². The molecule has 2 amide bonds. The molecule has 29 heavy (non-hydrogen) atoms. The fourth-order valence-corrected chi connectivity index (χ4v) is 6.07. The van der Waals surface area contributed by atoms with Crippen molar-refractivity contribution >= 4 is 21.7 Å². The Hall–Kier alpha value is -2.32. The van der Waals surface area contributed by atoms with E-state index in [9.17, 15) is 13.2 Å². The molecule has 0 saturated heterocycles. The number of hydrogen-bond donors (Lipinski definition) is 3. The third kappa shape index (κ3) is 4.64. The summed E-state index contributed by atoms with van der Waals surface area (Å²) in [7, 11) is -3.59. The van der Waals surface area contributed by atoms with Crippen molar-refractivity contribution in [2.75, 3.05) is 5.32 Å². The summed E-state index contributed by atoms with van der Waals surface area (Å²) >= 11 is 0. The van der Waals surface area contributed by atoms with Crippen molar-refractivity contribution in [3.63, 3.8) is 0 Å². The molecule has 0 aliphatic heterocycles. The van der Waals surface area contributed by atoms with Crippen molar-refractivity contribution in [2.45, 2.75) is 50.1 Å². The van der Waals surface area contributed by atoms with E-state index >= 15 is 0 Å². The number of furan rings is 1. The smallest absolute Gasteiger partial charge is 0.319 e. The zero-order valence-electron chi connectivity index (χ0n) is 16.4. The van der Waals surface area contributed by atoms with Gasteiger partial charge in [-0.3, -0.25) is 0 Å². The Labute approximate surface area is 171 Å². The third-order valence-corrected chi connectivity index (χ3v) is 7.81. The van der Waals surface area contributed by atoms with E-state index in [-0.39, 0.29) is 17.0 Å². The van der Waals surface area contributed by atoms with Gasteiger partial charge >= 0.3 is 6.03 Å². The van der Waals surface area contributed by atoms with Crippen LogP contribution in [0.5, 0.6) is 0 Å². The molecule has 1 aromatic carbocycles. The summed E-state index contributed by atoms with van der Waals surface area (Å²) in [4.78, 5) is 12.2. The van der Waals surface area contributed by atoms with Gasteiger partial charge in [0.2, 0.25) is 10.0 Å². The number of amides is 2. The van der Waals surface area contributed by atoms with E-state index in [0.717, 1.165) is 17.9 Å². The molecular formula is C21H27N3O4S. The van der Waals surface area contributed by atoms with E-state index in [1.54, 1.807) is 30.7 Å². The molecule has 4 rings (SSSR count). The van der Waals surface area contributed by atoms with Crippen LogP contribution in [0.4, 0.5) is 10.5 Å².